The number of allylic oxidation sites excluding steroid dienone is 1. The predicted molar refractivity (Wildman–Crippen MR) is 132 cm³/mol. The van der Waals surface area contributed by atoms with Crippen LogP contribution in [0.1, 0.15) is 106 Å². The number of hydrogen-bond donors (Lipinski definition) is 2. The standard InChI is InChI=1S/C30H50O2/c1-18(2)19-11-13-27(5)15-16-28(6)20(25(19)27)9-10-22-29(28,7)14-12-21-26(3,4)23(31)17-24(32)30(21,22)8/h19-25,31-32H,1,9-17H2,2-8H3/t19-,20+,21-,22-,23-,24+,25-,27+,28+,29+,30-/m0/s1. The highest BCUT2D eigenvalue weighted by atomic mass is 16.3. The van der Waals surface area contributed by atoms with Crippen molar-refractivity contribution in [1.29, 1.82) is 0 Å². The molecule has 0 heterocycles. The van der Waals surface area contributed by atoms with Crippen LogP contribution in [-0.4, -0.2) is 22.4 Å². The molecule has 0 amide bonds. The molecule has 0 saturated heterocycles. The van der Waals surface area contributed by atoms with E-state index in [0.717, 1.165) is 18.3 Å². The predicted octanol–water partition coefficient (Wildman–Crippen LogP) is 7.00. The molecule has 0 unspecified atom stereocenters. The molecule has 5 aliphatic rings. The molecule has 0 aromatic heterocycles. The molecule has 2 nitrogen and oxygen atoms in total. The first kappa shape index (κ1) is 23.4. The minimum atomic E-state index is -0.392. The van der Waals surface area contributed by atoms with Crippen molar-refractivity contribution < 1.29 is 10.2 Å². The summed E-state index contributed by atoms with van der Waals surface area (Å²) in [7, 11) is 0. The number of rotatable bonds is 1. The van der Waals surface area contributed by atoms with E-state index in [4.69, 9.17) is 0 Å². The van der Waals surface area contributed by atoms with Crippen LogP contribution in [0.15, 0.2) is 12.2 Å². The van der Waals surface area contributed by atoms with Crippen LogP contribution in [-0.2, 0) is 0 Å². The lowest BCUT2D eigenvalue weighted by Gasteiger charge is -2.73. The molecule has 0 spiro atoms. The first-order chi connectivity index (χ1) is 14.7. The highest BCUT2D eigenvalue weighted by Gasteiger charge is 2.71. The van der Waals surface area contributed by atoms with Crippen molar-refractivity contribution in [2.45, 2.75) is 118 Å². The second kappa shape index (κ2) is 6.87. The number of fused-ring (bicyclic) bond motifs is 7. The summed E-state index contributed by atoms with van der Waals surface area (Å²) in [6, 6.07) is 0. The molecule has 182 valence electrons. The lowest BCUT2D eigenvalue weighted by atomic mass is 9.32. The molecule has 5 saturated carbocycles. The Morgan fingerprint density at radius 2 is 1.44 bits per heavy atom. The van der Waals surface area contributed by atoms with E-state index in [1.807, 2.05) is 0 Å². The molecule has 2 heteroatoms. The van der Waals surface area contributed by atoms with Crippen molar-refractivity contribution in [2.75, 3.05) is 0 Å². The number of aliphatic hydroxyl groups excluding tert-OH is 2. The molecule has 0 aromatic rings. The summed E-state index contributed by atoms with van der Waals surface area (Å²) in [5.74, 6) is 3.22. The third-order valence-corrected chi connectivity index (χ3v) is 13.6. The van der Waals surface area contributed by atoms with Gasteiger partial charge in [-0.15, -0.1) is 0 Å². The summed E-state index contributed by atoms with van der Waals surface area (Å²) >= 11 is 0. The van der Waals surface area contributed by atoms with Crippen LogP contribution in [0.5, 0.6) is 0 Å². The van der Waals surface area contributed by atoms with Crippen molar-refractivity contribution >= 4 is 0 Å². The van der Waals surface area contributed by atoms with Gasteiger partial charge in [0.05, 0.1) is 12.2 Å². The molecule has 0 aliphatic heterocycles. The van der Waals surface area contributed by atoms with E-state index >= 15 is 0 Å². The van der Waals surface area contributed by atoms with Crippen molar-refractivity contribution in [2.24, 2.45) is 56.7 Å². The van der Waals surface area contributed by atoms with Gasteiger partial charge in [-0.05, 0) is 110 Å². The van der Waals surface area contributed by atoms with Crippen LogP contribution in [0, 0.1) is 56.7 Å². The minimum Gasteiger partial charge on any atom is -0.392 e. The minimum absolute atomic E-state index is 0.0894. The molecule has 5 fully saturated rings. The van der Waals surface area contributed by atoms with Gasteiger partial charge in [-0.25, -0.2) is 0 Å². The largest absolute Gasteiger partial charge is 0.392 e. The fourth-order valence-corrected chi connectivity index (χ4v) is 11.4. The quantitative estimate of drug-likeness (QED) is 0.429. The molecule has 11 atom stereocenters. The van der Waals surface area contributed by atoms with Crippen molar-refractivity contribution in [3.8, 4) is 0 Å². The normalized spacial score (nSPS) is 58.8. The lowest BCUT2D eigenvalue weighted by molar-refractivity contribution is -0.273. The maximum atomic E-state index is 11.5. The van der Waals surface area contributed by atoms with Gasteiger partial charge in [-0.3, -0.25) is 0 Å². The van der Waals surface area contributed by atoms with E-state index in [9.17, 15) is 10.2 Å². The Morgan fingerprint density at radius 3 is 2.09 bits per heavy atom. The van der Waals surface area contributed by atoms with Crippen LogP contribution in [0.25, 0.3) is 0 Å². The molecular weight excluding hydrogens is 392 g/mol. The van der Waals surface area contributed by atoms with Crippen LogP contribution >= 0.6 is 0 Å². The van der Waals surface area contributed by atoms with Crippen LogP contribution in [0.4, 0.5) is 0 Å². The van der Waals surface area contributed by atoms with E-state index in [1.165, 1.54) is 50.5 Å². The van der Waals surface area contributed by atoms with Gasteiger partial charge in [0.15, 0.2) is 0 Å². The number of hydrogen-bond acceptors (Lipinski definition) is 2. The molecular formula is C30H50O2. The lowest BCUT2D eigenvalue weighted by Crippen LogP contribution is -2.69. The van der Waals surface area contributed by atoms with E-state index in [-0.39, 0.29) is 22.3 Å². The molecule has 0 aromatic carbocycles. The highest BCUT2D eigenvalue weighted by Crippen LogP contribution is 2.77. The molecule has 32 heavy (non-hydrogen) atoms. The Hall–Kier alpha value is -0.340. The van der Waals surface area contributed by atoms with Crippen LogP contribution < -0.4 is 0 Å². The van der Waals surface area contributed by atoms with Gasteiger partial charge in [0.25, 0.3) is 0 Å². The number of aliphatic hydroxyl groups is 2. The van der Waals surface area contributed by atoms with Gasteiger partial charge in [0, 0.05) is 11.8 Å². The Balaban J connectivity index is 1.57. The molecule has 5 rings (SSSR count). The second-order valence-electron chi connectivity index (χ2n) is 14.8. The summed E-state index contributed by atoms with van der Waals surface area (Å²) in [5, 5.41) is 22.4. The summed E-state index contributed by atoms with van der Waals surface area (Å²) < 4.78 is 0. The first-order valence-electron chi connectivity index (χ1n) is 13.7. The second-order valence-corrected chi connectivity index (χ2v) is 14.8. The van der Waals surface area contributed by atoms with Gasteiger partial charge in [0.1, 0.15) is 0 Å². The fraction of sp³-hybridized carbons (Fsp3) is 0.933. The Morgan fingerprint density at radius 1 is 0.750 bits per heavy atom. The van der Waals surface area contributed by atoms with Gasteiger partial charge < -0.3 is 10.2 Å². The average Bonchev–Trinajstić information content (AvgIpc) is 3.05. The Kier molecular flexibility index (Phi) is 5.02. The maximum Gasteiger partial charge on any atom is 0.0624 e. The van der Waals surface area contributed by atoms with Crippen molar-refractivity contribution in [3.63, 3.8) is 0 Å². The summed E-state index contributed by atoms with van der Waals surface area (Å²) in [6.07, 6.45) is 10.2. The van der Waals surface area contributed by atoms with Gasteiger partial charge in [-0.1, -0.05) is 53.7 Å². The van der Waals surface area contributed by atoms with Gasteiger partial charge in [0.2, 0.25) is 0 Å². The van der Waals surface area contributed by atoms with Crippen LogP contribution in [0.2, 0.25) is 0 Å². The third-order valence-electron chi connectivity index (χ3n) is 13.6. The van der Waals surface area contributed by atoms with E-state index in [0.29, 0.717) is 35.0 Å². The fourth-order valence-electron chi connectivity index (χ4n) is 11.4. The van der Waals surface area contributed by atoms with Crippen molar-refractivity contribution in [3.05, 3.63) is 12.2 Å². The summed E-state index contributed by atoms with van der Waals surface area (Å²) in [5.41, 5.74) is 2.32. The van der Waals surface area contributed by atoms with Crippen LogP contribution in [0.3, 0.4) is 0 Å². The van der Waals surface area contributed by atoms with Crippen molar-refractivity contribution in [1.82, 2.24) is 0 Å². The molecule has 5 aliphatic carbocycles. The monoisotopic (exact) mass is 442 g/mol. The highest BCUT2D eigenvalue weighted by molar-refractivity contribution is 5.22. The zero-order valence-electron chi connectivity index (χ0n) is 22.0. The van der Waals surface area contributed by atoms with E-state index in [2.05, 4.69) is 55.0 Å². The molecule has 0 bridgehead atoms. The average molecular weight is 443 g/mol. The zero-order chi connectivity index (χ0) is 23.5. The first-order valence-corrected chi connectivity index (χ1v) is 13.7. The third kappa shape index (κ3) is 2.61. The Labute approximate surface area is 197 Å². The molecule has 0 radical (unpaired) electrons. The summed E-state index contributed by atoms with van der Waals surface area (Å²) in [4.78, 5) is 0. The Bertz CT molecular complexity index is 801. The van der Waals surface area contributed by atoms with Gasteiger partial charge in [-0.2, -0.15) is 0 Å². The SMILES string of the molecule is C=C(C)[C@@H]1CC[C@]2(C)CC[C@]3(C)[C@H](CC[C@@H]4[C@@]5(C)[C@H](O)C[C@H](O)C(C)(C)[C@@H]5CC[C@]43C)[C@H]12. The van der Waals surface area contributed by atoms with E-state index in [1.54, 1.807) is 0 Å². The maximum absolute atomic E-state index is 11.5. The van der Waals surface area contributed by atoms with E-state index < -0.39 is 6.10 Å². The zero-order valence-corrected chi connectivity index (χ0v) is 22.0. The molecule has 2 N–H and O–H groups in total. The summed E-state index contributed by atoms with van der Waals surface area (Å²) in [6.45, 7) is 21.6. The smallest absolute Gasteiger partial charge is 0.0624 e. The topological polar surface area (TPSA) is 40.5 Å². The van der Waals surface area contributed by atoms with Gasteiger partial charge >= 0.3 is 0 Å².